The molecule has 1 aliphatic heterocycles. The summed E-state index contributed by atoms with van der Waals surface area (Å²) in [6.07, 6.45) is 3.03. The number of nitrogens with zero attached hydrogens (tertiary/aromatic N) is 1. The van der Waals surface area contributed by atoms with E-state index in [9.17, 15) is 8.42 Å². The predicted octanol–water partition coefficient (Wildman–Crippen LogP) is 4.51. The van der Waals surface area contributed by atoms with Crippen molar-refractivity contribution in [2.24, 2.45) is 0 Å². The van der Waals surface area contributed by atoms with E-state index < -0.39 is 10.0 Å². The fourth-order valence-electron chi connectivity index (χ4n) is 2.86. The average molecular weight is 425 g/mol. The van der Waals surface area contributed by atoms with Crippen LogP contribution in [0, 0.1) is 6.92 Å². The van der Waals surface area contributed by atoms with Crippen molar-refractivity contribution < 1.29 is 8.42 Å². The van der Waals surface area contributed by atoms with Crippen LogP contribution in [0.4, 0.5) is 5.69 Å². The first-order valence-corrected chi connectivity index (χ1v) is 11.4. The molecule has 0 aromatic heterocycles. The number of unbranched alkanes of at least 4 members (excludes halogenated alkanes) is 1. The molecule has 2 N–H and O–H groups in total. The van der Waals surface area contributed by atoms with Gasteiger partial charge in [-0.3, -0.25) is 0 Å². The summed E-state index contributed by atoms with van der Waals surface area (Å²) in [6, 6.07) is 12.7. The summed E-state index contributed by atoms with van der Waals surface area (Å²) in [5.74, 6) is 0. The van der Waals surface area contributed by atoms with E-state index in [-0.39, 0.29) is 22.6 Å². The minimum atomic E-state index is -3.72. The summed E-state index contributed by atoms with van der Waals surface area (Å²) in [7, 11) is -1.73. The molecule has 145 valence electrons. The molecule has 0 amide bonds. The molecule has 1 heterocycles. The van der Waals surface area contributed by atoms with Crippen molar-refractivity contribution in [3.8, 4) is 0 Å². The van der Waals surface area contributed by atoms with Gasteiger partial charge < -0.3 is 5.32 Å². The van der Waals surface area contributed by atoms with Crippen molar-refractivity contribution in [2.75, 3.05) is 12.4 Å². The maximum absolute atomic E-state index is 12.8. The fraction of sp³-hybridized carbons (Fsp3) is 0.316. The summed E-state index contributed by atoms with van der Waals surface area (Å²) in [6.45, 7) is 4.10. The highest BCUT2D eigenvalue weighted by Crippen LogP contribution is 2.41. The van der Waals surface area contributed by atoms with E-state index in [1.165, 1.54) is 11.9 Å². The highest BCUT2D eigenvalue weighted by molar-refractivity contribution is 7.97. The van der Waals surface area contributed by atoms with Gasteiger partial charge in [-0.1, -0.05) is 61.7 Å². The highest BCUT2D eigenvalue weighted by Gasteiger charge is 2.27. The quantitative estimate of drug-likeness (QED) is 0.640. The van der Waals surface area contributed by atoms with Crippen molar-refractivity contribution >= 4 is 39.3 Å². The molecular formula is C19H23ClN3O2S2. The van der Waals surface area contributed by atoms with E-state index in [0.29, 0.717) is 0 Å². The Hall–Kier alpha value is -1.25. The Labute approximate surface area is 170 Å². The number of halogens is 1. The Kier molecular flexibility index (Phi) is 6.70. The molecule has 0 fully saturated rings. The van der Waals surface area contributed by atoms with E-state index in [1.54, 1.807) is 12.1 Å². The minimum Gasteiger partial charge on any atom is -0.368 e. The summed E-state index contributed by atoms with van der Waals surface area (Å²) in [5.41, 5.74) is 1.75. The van der Waals surface area contributed by atoms with Crippen LogP contribution in [0.2, 0.25) is 5.02 Å². The van der Waals surface area contributed by atoms with Crippen molar-refractivity contribution in [1.82, 2.24) is 9.03 Å². The smallest absolute Gasteiger partial charge is 0.242 e. The number of hydrogen-bond acceptors (Lipinski definition) is 5. The predicted molar refractivity (Wildman–Crippen MR) is 112 cm³/mol. The third-order valence-electron chi connectivity index (χ3n) is 4.36. The first kappa shape index (κ1) is 20.5. The monoisotopic (exact) mass is 424 g/mol. The Morgan fingerprint density at radius 2 is 2.04 bits per heavy atom. The standard InChI is InChI=1S/C19H23ClN3O2S2/c1-3-4-10-19-22-16-11-15(20)18(12-17(16)26-23(19)2)27(24,25)21-13-14-8-6-5-7-9-14/h5-9,11-12,19,21-22H,1,3-4,10,13H2,2H3. The number of nitrogens with one attached hydrogen (secondary N) is 2. The first-order chi connectivity index (χ1) is 12.9. The average Bonchev–Trinajstić information content (AvgIpc) is 2.65. The van der Waals surface area contributed by atoms with E-state index >= 15 is 0 Å². The van der Waals surface area contributed by atoms with Crippen LogP contribution >= 0.6 is 23.5 Å². The van der Waals surface area contributed by atoms with Crippen LogP contribution in [-0.4, -0.2) is 25.9 Å². The van der Waals surface area contributed by atoms with Gasteiger partial charge in [0.2, 0.25) is 10.0 Å². The molecule has 2 aromatic rings. The summed E-state index contributed by atoms with van der Waals surface area (Å²) in [4.78, 5) is 0.936. The van der Waals surface area contributed by atoms with Crippen molar-refractivity contribution in [2.45, 2.75) is 41.8 Å². The molecule has 1 radical (unpaired) electrons. The Morgan fingerprint density at radius 1 is 1.30 bits per heavy atom. The topological polar surface area (TPSA) is 61.4 Å². The van der Waals surface area contributed by atoms with E-state index in [4.69, 9.17) is 11.6 Å². The summed E-state index contributed by atoms with van der Waals surface area (Å²) in [5, 5.41) is 3.65. The van der Waals surface area contributed by atoms with Gasteiger partial charge in [-0.05, 0) is 43.1 Å². The molecular weight excluding hydrogens is 402 g/mol. The van der Waals surface area contributed by atoms with Gasteiger partial charge >= 0.3 is 0 Å². The Bertz CT molecular complexity index is 891. The number of rotatable bonds is 7. The van der Waals surface area contributed by atoms with Gasteiger partial charge in [0.05, 0.1) is 16.9 Å². The zero-order chi connectivity index (χ0) is 19.4. The van der Waals surface area contributed by atoms with Crippen molar-refractivity contribution in [3.05, 3.63) is 60.0 Å². The number of anilines is 1. The lowest BCUT2D eigenvalue weighted by molar-refractivity contribution is 0.407. The van der Waals surface area contributed by atoms with E-state index in [1.807, 2.05) is 37.4 Å². The van der Waals surface area contributed by atoms with Gasteiger partial charge in [0.1, 0.15) is 4.90 Å². The molecule has 1 atom stereocenters. The van der Waals surface area contributed by atoms with Gasteiger partial charge in [-0.2, -0.15) is 0 Å². The van der Waals surface area contributed by atoms with Gasteiger partial charge in [0.15, 0.2) is 0 Å². The highest BCUT2D eigenvalue weighted by atomic mass is 35.5. The lowest BCUT2D eigenvalue weighted by Crippen LogP contribution is -2.36. The SMILES string of the molecule is [CH2]CCCC1Nc2cc(Cl)c(S(=O)(=O)NCc3ccccc3)cc2SN1C. The molecule has 0 saturated carbocycles. The van der Waals surface area contributed by atoms with Crippen LogP contribution in [0.1, 0.15) is 24.8 Å². The minimum absolute atomic E-state index is 0.0951. The van der Waals surface area contributed by atoms with Crippen molar-refractivity contribution in [3.63, 3.8) is 0 Å². The number of benzene rings is 2. The lowest BCUT2D eigenvalue weighted by Gasteiger charge is -2.34. The zero-order valence-corrected chi connectivity index (χ0v) is 17.5. The fourth-order valence-corrected chi connectivity index (χ4v) is 5.49. The third-order valence-corrected chi connectivity index (χ3v) is 7.31. The van der Waals surface area contributed by atoms with Crippen LogP contribution in [0.5, 0.6) is 0 Å². The molecule has 8 heteroatoms. The lowest BCUT2D eigenvalue weighted by atomic mass is 10.2. The third kappa shape index (κ3) is 4.97. The number of sulfonamides is 1. The molecule has 1 aliphatic rings. The second-order valence-electron chi connectivity index (χ2n) is 6.38. The van der Waals surface area contributed by atoms with Crippen LogP contribution in [0.25, 0.3) is 0 Å². The molecule has 2 aromatic carbocycles. The molecule has 0 bridgehead atoms. The molecule has 0 saturated heterocycles. The van der Waals surface area contributed by atoms with E-state index in [0.717, 1.165) is 35.4 Å². The van der Waals surface area contributed by atoms with Crippen LogP contribution in [0.15, 0.2) is 52.3 Å². The summed E-state index contributed by atoms with van der Waals surface area (Å²) >= 11 is 7.85. The molecule has 0 aliphatic carbocycles. The van der Waals surface area contributed by atoms with Gasteiger partial charge in [0.25, 0.3) is 0 Å². The van der Waals surface area contributed by atoms with Crippen LogP contribution < -0.4 is 10.0 Å². The maximum atomic E-state index is 12.8. The number of fused-ring (bicyclic) bond motifs is 1. The van der Waals surface area contributed by atoms with Gasteiger partial charge in [-0.25, -0.2) is 17.4 Å². The summed E-state index contributed by atoms with van der Waals surface area (Å²) < 4.78 is 30.2. The maximum Gasteiger partial charge on any atom is 0.242 e. The zero-order valence-electron chi connectivity index (χ0n) is 15.1. The Balaban J connectivity index is 1.80. The van der Waals surface area contributed by atoms with Gasteiger partial charge in [-0.15, -0.1) is 0 Å². The first-order valence-electron chi connectivity index (χ1n) is 8.74. The largest absolute Gasteiger partial charge is 0.368 e. The molecule has 27 heavy (non-hydrogen) atoms. The van der Waals surface area contributed by atoms with Gasteiger partial charge in [0, 0.05) is 11.4 Å². The van der Waals surface area contributed by atoms with Crippen LogP contribution in [-0.2, 0) is 16.6 Å². The second kappa shape index (κ2) is 8.84. The van der Waals surface area contributed by atoms with E-state index in [2.05, 4.69) is 21.3 Å². The Morgan fingerprint density at radius 3 is 2.74 bits per heavy atom. The molecule has 5 nitrogen and oxygen atoms in total. The molecule has 0 spiro atoms. The molecule has 3 rings (SSSR count). The van der Waals surface area contributed by atoms with Crippen molar-refractivity contribution in [1.29, 1.82) is 0 Å². The molecule has 1 unspecified atom stereocenters. The normalized spacial score (nSPS) is 17.4. The second-order valence-corrected chi connectivity index (χ2v) is 9.72. The number of hydrogen-bond donors (Lipinski definition) is 2. The van der Waals surface area contributed by atoms with Crippen LogP contribution in [0.3, 0.4) is 0 Å².